The average molecular weight is 370 g/mol. The van der Waals surface area contributed by atoms with Crippen molar-refractivity contribution in [2.24, 2.45) is 0 Å². The summed E-state index contributed by atoms with van der Waals surface area (Å²) in [5.41, 5.74) is 4.97. The van der Waals surface area contributed by atoms with Crippen LogP contribution in [0.3, 0.4) is 0 Å². The van der Waals surface area contributed by atoms with Crippen LogP contribution in [0.25, 0.3) is 22.6 Å². The molecule has 0 saturated carbocycles. The Labute approximate surface area is 161 Å². The highest BCUT2D eigenvalue weighted by atomic mass is 16.5. The lowest BCUT2D eigenvalue weighted by molar-refractivity contribution is 0.0732. The highest BCUT2D eigenvalue weighted by Crippen LogP contribution is 2.27. The van der Waals surface area contributed by atoms with E-state index in [1.165, 1.54) is 6.26 Å². The molecule has 1 aliphatic heterocycles. The molecule has 0 aliphatic carbocycles. The second-order valence-corrected chi connectivity index (χ2v) is 6.80. The first-order valence-electron chi connectivity index (χ1n) is 9.22. The van der Waals surface area contributed by atoms with Gasteiger partial charge < -0.3 is 14.4 Å². The lowest BCUT2D eigenvalue weighted by Crippen LogP contribution is -2.36. The molecule has 28 heavy (non-hydrogen) atoms. The number of aromatic amines is 1. The summed E-state index contributed by atoms with van der Waals surface area (Å²) < 4.78 is 5.13. The molecule has 4 aromatic rings. The molecule has 5 rings (SSSR count). The first-order chi connectivity index (χ1) is 13.8. The van der Waals surface area contributed by atoms with E-state index in [0.29, 0.717) is 24.3 Å². The van der Waals surface area contributed by atoms with E-state index < -0.39 is 0 Å². The smallest absolute Gasteiger partial charge is 0.259 e. The van der Waals surface area contributed by atoms with Gasteiger partial charge in [-0.2, -0.15) is 0 Å². The molecule has 0 atom stereocenters. The van der Waals surface area contributed by atoms with E-state index in [1.807, 2.05) is 65.6 Å². The molecule has 0 spiro atoms. The Kier molecular flexibility index (Phi) is 4.01. The predicted octanol–water partition coefficient (Wildman–Crippen LogP) is 3.93. The van der Waals surface area contributed by atoms with E-state index in [2.05, 4.69) is 10.1 Å². The SMILES string of the molecule is O=C(c1conc1-c1ccccc1)N1CCc2nc(-c3ccccc3)[nH]c2C1. The van der Waals surface area contributed by atoms with Gasteiger partial charge in [0.2, 0.25) is 0 Å². The van der Waals surface area contributed by atoms with Gasteiger partial charge in [-0.3, -0.25) is 4.79 Å². The van der Waals surface area contributed by atoms with Gasteiger partial charge in [0.25, 0.3) is 5.91 Å². The topological polar surface area (TPSA) is 75.0 Å². The van der Waals surface area contributed by atoms with Crippen LogP contribution in [0.4, 0.5) is 0 Å². The van der Waals surface area contributed by atoms with Crippen molar-refractivity contribution < 1.29 is 9.32 Å². The van der Waals surface area contributed by atoms with Gasteiger partial charge in [-0.25, -0.2) is 4.98 Å². The number of fused-ring (bicyclic) bond motifs is 1. The highest BCUT2D eigenvalue weighted by molar-refractivity contribution is 5.99. The molecule has 0 bridgehead atoms. The van der Waals surface area contributed by atoms with Crippen molar-refractivity contribution in [3.05, 3.63) is 83.9 Å². The molecule has 0 unspecified atom stereocenters. The van der Waals surface area contributed by atoms with E-state index in [0.717, 1.165) is 34.8 Å². The largest absolute Gasteiger partial charge is 0.363 e. The molecular formula is C22H18N4O2. The van der Waals surface area contributed by atoms with Crippen LogP contribution in [0.1, 0.15) is 21.7 Å². The summed E-state index contributed by atoms with van der Waals surface area (Å²) in [6.07, 6.45) is 2.15. The summed E-state index contributed by atoms with van der Waals surface area (Å²) >= 11 is 0. The standard InChI is InChI=1S/C22H18N4O2/c27-22(17-14-28-25-20(17)15-7-3-1-4-8-15)26-12-11-18-19(13-26)24-21(23-18)16-9-5-2-6-10-16/h1-10,14H,11-13H2,(H,23,24). The first-order valence-corrected chi connectivity index (χ1v) is 9.22. The molecule has 0 saturated heterocycles. The van der Waals surface area contributed by atoms with Crippen LogP contribution in [0, 0.1) is 0 Å². The summed E-state index contributed by atoms with van der Waals surface area (Å²) in [7, 11) is 0. The highest BCUT2D eigenvalue weighted by Gasteiger charge is 2.28. The minimum Gasteiger partial charge on any atom is -0.363 e. The Morgan fingerprint density at radius 1 is 1.00 bits per heavy atom. The number of benzene rings is 2. The summed E-state index contributed by atoms with van der Waals surface area (Å²) in [6.45, 7) is 1.11. The Bertz CT molecular complexity index is 1120. The van der Waals surface area contributed by atoms with Gasteiger partial charge in [-0.15, -0.1) is 0 Å². The van der Waals surface area contributed by atoms with Gasteiger partial charge in [0.15, 0.2) is 0 Å². The maximum Gasteiger partial charge on any atom is 0.259 e. The molecule has 2 aromatic heterocycles. The van der Waals surface area contributed by atoms with Crippen LogP contribution >= 0.6 is 0 Å². The van der Waals surface area contributed by atoms with Crippen molar-refractivity contribution in [2.75, 3.05) is 6.54 Å². The second-order valence-electron chi connectivity index (χ2n) is 6.80. The van der Waals surface area contributed by atoms with Crippen molar-refractivity contribution in [1.82, 2.24) is 20.0 Å². The number of nitrogens with zero attached hydrogens (tertiary/aromatic N) is 3. The van der Waals surface area contributed by atoms with Crippen molar-refractivity contribution in [1.29, 1.82) is 0 Å². The number of hydrogen-bond acceptors (Lipinski definition) is 4. The fourth-order valence-electron chi connectivity index (χ4n) is 3.56. The molecule has 1 N–H and O–H groups in total. The van der Waals surface area contributed by atoms with Crippen LogP contribution in [-0.2, 0) is 13.0 Å². The molecule has 6 nitrogen and oxygen atoms in total. The Balaban J connectivity index is 1.41. The normalized spacial score (nSPS) is 13.4. The van der Waals surface area contributed by atoms with Crippen LogP contribution in [0.2, 0.25) is 0 Å². The lowest BCUT2D eigenvalue weighted by atomic mass is 10.1. The number of H-pyrrole nitrogens is 1. The number of nitrogens with one attached hydrogen (secondary N) is 1. The quantitative estimate of drug-likeness (QED) is 0.593. The summed E-state index contributed by atoms with van der Waals surface area (Å²) in [5, 5.41) is 4.05. The van der Waals surface area contributed by atoms with E-state index in [9.17, 15) is 4.79 Å². The number of amides is 1. The van der Waals surface area contributed by atoms with Crippen molar-refractivity contribution in [2.45, 2.75) is 13.0 Å². The molecular weight excluding hydrogens is 352 g/mol. The van der Waals surface area contributed by atoms with E-state index >= 15 is 0 Å². The number of rotatable bonds is 3. The second kappa shape index (κ2) is 6.81. The monoisotopic (exact) mass is 370 g/mol. The average Bonchev–Trinajstić information content (AvgIpc) is 3.41. The number of imidazole rings is 1. The maximum absolute atomic E-state index is 13.1. The van der Waals surface area contributed by atoms with Crippen LogP contribution in [0.5, 0.6) is 0 Å². The third kappa shape index (κ3) is 2.89. The number of carbonyl (C=O) groups is 1. The van der Waals surface area contributed by atoms with E-state index in [-0.39, 0.29) is 5.91 Å². The fraction of sp³-hybridized carbons (Fsp3) is 0.136. The summed E-state index contributed by atoms with van der Waals surface area (Å²) in [6, 6.07) is 19.6. The zero-order chi connectivity index (χ0) is 18.9. The molecule has 6 heteroatoms. The van der Waals surface area contributed by atoms with Gasteiger partial charge in [-0.1, -0.05) is 65.8 Å². The Morgan fingerprint density at radius 3 is 2.46 bits per heavy atom. The third-order valence-corrected chi connectivity index (χ3v) is 5.01. The van der Waals surface area contributed by atoms with Gasteiger partial charge in [0, 0.05) is 24.1 Å². The molecule has 2 aromatic carbocycles. The zero-order valence-electron chi connectivity index (χ0n) is 15.1. The van der Waals surface area contributed by atoms with Crippen molar-refractivity contribution in [3.63, 3.8) is 0 Å². The van der Waals surface area contributed by atoms with Crippen molar-refractivity contribution in [3.8, 4) is 22.6 Å². The molecule has 1 amide bonds. The fourth-order valence-corrected chi connectivity index (χ4v) is 3.56. The minimum absolute atomic E-state index is 0.0818. The number of hydrogen-bond donors (Lipinski definition) is 1. The van der Waals surface area contributed by atoms with Gasteiger partial charge >= 0.3 is 0 Å². The van der Waals surface area contributed by atoms with E-state index in [1.54, 1.807) is 0 Å². The summed E-state index contributed by atoms with van der Waals surface area (Å²) in [5.74, 6) is 0.761. The van der Waals surface area contributed by atoms with Crippen LogP contribution in [0.15, 0.2) is 71.4 Å². The predicted molar refractivity (Wildman–Crippen MR) is 104 cm³/mol. The molecule has 3 heterocycles. The molecule has 1 aliphatic rings. The first kappa shape index (κ1) is 16.5. The van der Waals surface area contributed by atoms with Crippen LogP contribution in [-0.4, -0.2) is 32.5 Å². The zero-order valence-corrected chi connectivity index (χ0v) is 15.1. The van der Waals surface area contributed by atoms with Crippen LogP contribution < -0.4 is 0 Å². The Morgan fingerprint density at radius 2 is 1.71 bits per heavy atom. The third-order valence-electron chi connectivity index (χ3n) is 5.01. The van der Waals surface area contributed by atoms with E-state index in [4.69, 9.17) is 9.51 Å². The molecule has 0 radical (unpaired) electrons. The molecule has 138 valence electrons. The lowest BCUT2D eigenvalue weighted by Gasteiger charge is -2.25. The van der Waals surface area contributed by atoms with Crippen molar-refractivity contribution >= 4 is 5.91 Å². The van der Waals surface area contributed by atoms with Gasteiger partial charge in [0.1, 0.15) is 23.3 Å². The number of aromatic nitrogens is 3. The summed E-state index contributed by atoms with van der Waals surface area (Å²) in [4.78, 5) is 23.0. The Hall–Kier alpha value is -3.67. The van der Waals surface area contributed by atoms with Gasteiger partial charge in [0.05, 0.1) is 17.9 Å². The van der Waals surface area contributed by atoms with Gasteiger partial charge in [-0.05, 0) is 0 Å². The number of carbonyl (C=O) groups excluding carboxylic acids is 1. The minimum atomic E-state index is -0.0818. The maximum atomic E-state index is 13.1. The molecule has 0 fully saturated rings.